The highest BCUT2D eigenvalue weighted by Crippen LogP contribution is 2.13. The normalized spacial score (nSPS) is 13.8. The molecule has 17 heavy (non-hydrogen) atoms. The number of hydrogen-bond donors (Lipinski definition) is 1. The van der Waals surface area contributed by atoms with Gasteiger partial charge in [0.05, 0.1) is 12.5 Å². The summed E-state index contributed by atoms with van der Waals surface area (Å²) in [5, 5.41) is 9.65. The van der Waals surface area contributed by atoms with Crippen LogP contribution in [0.1, 0.15) is 24.2 Å². The molecule has 0 unspecified atom stereocenters. The third kappa shape index (κ3) is 3.39. The molecule has 0 bridgehead atoms. The summed E-state index contributed by atoms with van der Waals surface area (Å²) in [6.07, 6.45) is -1.41. The number of aliphatic hydroxyl groups is 1. The number of Topliss-reactive ketones (excluding diaryl/α,β-unsaturated/α-hetero) is 1. The minimum atomic E-state index is -1.41. The van der Waals surface area contributed by atoms with Gasteiger partial charge in [-0.25, -0.2) is 4.79 Å². The maximum atomic E-state index is 11.9. The van der Waals surface area contributed by atoms with Crippen LogP contribution < -0.4 is 0 Å². The number of ketones is 1. The molecule has 0 heterocycles. The van der Waals surface area contributed by atoms with Gasteiger partial charge in [-0.15, -0.1) is 0 Å². The highest BCUT2D eigenvalue weighted by molar-refractivity contribution is 6.00. The summed E-state index contributed by atoms with van der Waals surface area (Å²) in [5.74, 6) is -1.84. The van der Waals surface area contributed by atoms with Crippen LogP contribution in [0.3, 0.4) is 0 Å². The van der Waals surface area contributed by atoms with Gasteiger partial charge in [-0.1, -0.05) is 37.3 Å². The number of ether oxygens (including phenoxy) is 1. The molecule has 1 N–H and O–H groups in total. The Morgan fingerprint density at radius 2 is 1.88 bits per heavy atom. The fourth-order valence-corrected chi connectivity index (χ4v) is 1.44. The Balaban J connectivity index is 2.73. The smallest absolute Gasteiger partial charge is 0.335 e. The lowest BCUT2D eigenvalue weighted by Crippen LogP contribution is -2.34. The summed E-state index contributed by atoms with van der Waals surface area (Å²) in [4.78, 5) is 23.2. The first-order valence-corrected chi connectivity index (χ1v) is 5.52. The summed E-state index contributed by atoms with van der Waals surface area (Å²) < 4.78 is 4.67. The maximum absolute atomic E-state index is 11.9. The fourth-order valence-electron chi connectivity index (χ4n) is 1.44. The fraction of sp³-hybridized carbons (Fsp3) is 0.385. The summed E-state index contributed by atoms with van der Waals surface area (Å²) in [6, 6.07) is 8.56. The SMILES string of the molecule is CCOC(=O)[C@H](O)[C@H](C)C(=O)c1ccccc1. The van der Waals surface area contributed by atoms with Crippen LogP contribution in [0, 0.1) is 5.92 Å². The highest BCUT2D eigenvalue weighted by Gasteiger charge is 2.29. The summed E-state index contributed by atoms with van der Waals surface area (Å²) in [5.41, 5.74) is 0.475. The van der Waals surface area contributed by atoms with Gasteiger partial charge in [0.2, 0.25) is 0 Å². The zero-order valence-electron chi connectivity index (χ0n) is 9.92. The van der Waals surface area contributed by atoms with Crippen LogP contribution >= 0.6 is 0 Å². The molecule has 0 aliphatic carbocycles. The van der Waals surface area contributed by atoms with Crippen LogP contribution in [0.5, 0.6) is 0 Å². The van der Waals surface area contributed by atoms with Crippen molar-refractivity contribution in [3.05, 3.63) is 35.9 Å². The Bertz CT molecular complexity index is 386. The van der Waals surface area contributed by atoms with Gasteiger partial charge in [0.15, 0.2) is 11.9 Å². The molecular weight excluding hydrogens is 220 g/mol. The van der Waals surface area contributed by atoms with Gasteiger partial charge in [-0.3, -0.25) is 4.79 Å². The topological polar surface area (TPSA) is 63.6 Å². The number of hydrogen-bond acceptors (Lipinski definition) is 4. The number of aliphatic hydroxyl groups excluding tert-OH is 1. The molecular formula is C13H16O4. The first-order valence-electron chi connectivity index (χ1n) is 5.52. The molecule has 1 rings (SSSR count). The van der Waals surface area contributed by atoms with E-state index >= 15 is 0 Å². The van der Waals surface area contributed by atoms with E-state index in [1.807, 2.05) is 0 Å². The Kier molecular flexibility index (Phi) is 4.84. The first kappa shape index (κ1) is 13.4. The van der Waals surface area contributed by atoms with Crippen molar-refractivity contribution in [2.45, 2.75) is 20.0 Å². The van der Waals surface area contributed by atoms with Crippen LogP contribution in [0.25, 0.3) is 0 Å². The van der Waals surface area contributed by atoms with Gasteiger partial charge >= 0.3 is 5.97 Å². The van der Waals surface area contributed by atoms with Gasteiger partial charge < -0.3 is 9.84 Å². The molecule has 0 spiro atoms. The summed E-state index contributed by atoms with van der Waals surface area (Å²) >= 11 is 0. The molecule has 92 valence electrons. The lowest BCUT2D eigenvalue weighted by Gasteiger charge is -2.16. The van der Waals surface area contributed by atoms with Crippen molar-refractivity contribution < 1.29 is 19.4 Å². The third-order valence-corrected chi connectivity index (χ3v) is 2.47. The van der Waals surface area contributed by atoms with Crippen LogP contribution in [0.2, 0.25) is 0 Å². The lowest BCUT2D eigenvalue weighted by atomic mass is 9.94. The van der Waals surface area contributed by atoms with Crippen LogP contribution in [-0.2, 0) is 9.53 Å². The van der Waals surface area contributed by atoms with E-state index in [2.05, 4.69) is 4.74 Å². The quantitative estimate of drug-likeness (QED) is 0.620. The third-order valence-electron chi connectivity index (χ3n) is 2.47. The predicted molar refractivity (Wildman–Crippen MR) is 62.6 cm³/mol. The highest BCUT2D eigenvalue weighted by atomic mass is 16.5. The zero-order chi connectivity index (χ0) is 12.8. The maximum Gasteiger partial charge on any atom is 0.335 e. The van der Waals surface area contributed by atoms with E-state index in [4.69, 9.17) is 0 Å². The Morgan fingerprint density at radius 1 is 1.29 bits per heavy atom. The number of carbonyl (C=O) groups is 2. The van der Waals surface area contributed by atoms with E-state index in [-0.39, 0.29) is 12.4 Å². The average Bonchev–Trinajstić information content (AvgIpc) is 2.37. The van der Waals surface area contributed by atoms with Gasteiger partial charge in [0, 0.05) is 5.56 Å². The molecule has 1 aromatic carbocycles. The predicted octanol–water partition coefficient (Wildman–Crippen LogP) is 1.43. The van der Waals surface area contributed by atoms with Crippen LogP contribution in [-0.4, -0.2) is 29.6 Å². The minimum Gasteiger partial charge on any atom is -0.464 e. The monoisotopic (exact) mass is 236 g/mol. The molecule has 0 radical (unpaired) electrons. The molecule has 0 amide bonds. The van der Waals surface area contributed by atoms with Gasteiger partial charge in [0.1, 0.15) is 0 Å². The number of benzene rings is 1. The second kappa shape index (κ2) is 6.15. The van der Waals surface area contributed by atoms with Gasteiger partial charge in [-0.05, 0) is 6.92 Å². The molecule has 0 saturated heterocycles. The van der Waals surface area contributed by atoms with Crippen LogP contribution in [0.15, 0.2) is 30.3 Å². The second-order valence-electron chi connectivity index (χ2n) is 3.72. The van der Waals surface area contributed by atoms with Crippen molar-refractivity contribution in [1.82, 2.24) is 0 Å². The van der Waals surface area contributed by atoms with Gasteiger partial charge in [0.25, 0.3) is 0 Å². The molecule has 0 aliphatic heterocycles. The van der Waals surface area contributed by atoms with Crippen LogP contribution in [0.4, 0.5) is 0 Å². The van der Waals surface area contributed by atoms with E-state index in [1.54, 1.807) is 37.3 Å². The molecule has 0 aromatic heterocycles. The molecule has 4 nitrogen and oxygen atoms in total. The van der Waals surface area contributed by atoms with E-state index < -0.39 is 18.0 Å². The summed E-state index contributed by atoms with van der Waals surface area (Å²) in [7, 11) is 0. The van der Waals surface area contributed by atoms with E-state index in [9.17, 15) is 14.7 Å². The van der Waals surface area contributed by atoms with E-state index in [1.165, 1.54) is 6.92 Å². The van der Waals surface area contributed by atoms with Crippen molar-refractivity contribution in [1.29, 1.82) is 0 Å². The van der Waals surface area contributed by atoms with E-state index in [0.717, 1.165) is 0 Å². The first-order chi connectivity index (χ1) is 8.07. The largest absolute Gasteiger partial charge is 0.464 e. The van der Waals surface area contributed by atoms with Crippen molar-refractivity contribution in [3.63, 3.8) is 0 Å². The lowest BCUT2D eigenvalue weighted by molar-refractivity contribution is -0.154. The number of rotatable bonds is 5. The number of carbonyl (C=O) groups excluding carboxylic acids is 2. The molecule has 4 heteroatoms. The van der Waals surface area contributed by atoms with Crippen molar-refractivity contribution in [2.75, 3.05) is 6.61 Å². The molecule has 1 aromatic rings. The Labute approximate surface area is 100 Å². The zero-order valence-corrected chi connectivity index (χ0v) is 9.92. The number of esters is 1. The molecule has 0 fully saturated rings. The molecule has 0 aliphatic rings. The molecule has 2 atom stereocenters. The minimum absolute atomic E-state index is 0.183. The van der Waals surface area contributed by atoms with Crippen molar-refractivity contribution in [3.8, 4) is 0 Å². The second-order valence-corrected chi connectivity index (χ2v) is 3.72. The Hall–Kier alpha value is -1.68. The van der Waals surface area contributed by atoms with Gasteiger partial charge in [-0.2, -0.15) is 0 Å². The van der Waals surface area contributed by atoms with E-state index in [0.29, 0.717) is 5.56 Å². The van der Waals surface area contributed by atoms with Crippen molar-refractivity contribution in [2.24, 2.45) is 5.92 Å². The standard InChI is InChI=1S/C13H16O4/c1-3-17-13(16)12(15)9(2)11(14)10-7-5-4-6-8-10/h4-9,12,15H,3H2,1-2H3/t9-,12-/m1/s1. The summed E-state index contributed by atoms with van der Waals surface area (Å²) in [6.45, 7) is 3.34. The average molecular weight is 236 g/mol. The van der Waals surface area contributed by atoms with Crippen molar-refractivity contribution >= 4 is 11.8 Å². The molecule has 0 saturated carbocycles. The Morgan fingerprint density at radius 3 is 2.41 bits per heavy atom.